The van der Waals surface area contributed by atoms with E-state index >= 15 is 0 Å². The zero-order valence-corrected chi connectivity index (χ0v) is 9.31. The number of hydrogen-bond donors (Lipinski definition) is 1. The molecule has 1 amide bonds. The number of methoxy groups -OCH3 is 1. The molecule has 0 aromatic carbocycles. The van der Waals surface area contributed by atoms with Crippen LogP contribution in [0, 0.1) is 11.3 Å². The van der Waals surface area contributed by atoms with Crippen molar-refractivity contribution in [1.82, 2.24) is 5.32 Å². The zero-order valence-electron chi connectivity index (χ0n) is 9.31. The Kier molecular flexibility index (Phi) is 4.99. The lowest BCUT2D eigenvalue weighted by atomic mass is 9.80. The first-order valence-electron chi connectivity index (χ1n) is 4.70. The molecular formula is C10H21NO2. The largest absolute Gasteiger partial charge is 0.383 e. The fraction of sp³-hybridized carbons (Fsp3) is 0.900. The van der Waals surface area contributed by atoms with Gasteiger partial charge in [-0.05, 0) is 5.92 Å². The van der Waals surface area contributed by atoms with Crippen LogP contribution in [-0.4, -0.2) is 26.2 Å². The Bertz CT molecular complexity index is 164. The predicted molar refractivity (Wildman–Crippen MR) is 53.5 cm³/mol. The highest BCUT2D eigenvalue weighted by Crippen LogP contribution is 2.25. The van der Waals surface area contributed by atoms with E-state index in [2.05, 4.69) is 19.2 Å². The van der Waals surface area contributed by atoms with E-state index in [1.807, 2.05) is 13.8 Å². The molecule has 1 N–H and O–H groups in total. The molecule has 0 unspecified atom stereocenters. The fourth-order valence-corrected chi connectivity index (χ4v) is 0.757. The molecule has 0 aliphatic carbocycles. The molecule has 0 rings (SSSR count). The second-order valence-corrected chi connectivity index (χ2v) is 4.13. The standard InChI is InChI=1S/C10H21NO2/c1-8(2)10(3,4)9(12)11-6-7-13-5/h8H,6-7H2,1-5H3,(H,11,12). The number of carbonyl (C=O) groups is 1. The van der Waals surface area contributed by atoms with Crippen molar-refractivity contribution in [2.24, 2.45) is 11.3 Å². The summed E-state index contributed by atoms with van der Waals surface area (Å²) < 4.78 is 4.85. The Morgan fingerprint density at radius 3 is 2.38 bits per heavy atom. The second-order valence-electron chi connectivity index (χ2n) is 4.13. The van der Waals surface area contributed by atoms with E-state index in [4.69, 9.17) is 4.74 Å². The van der Waals surface area contributed by atoms with Gasteiger partial charge in [0.05, 0.1) is 6.61 Å². The molecule has 0 bridgehead atoms. The number of hydrogen-bond acceptors (Lipinski definition) is 2. The molecule has 3 heteroatoms. The van der Waals surface area contributed by atoms with Gasteiger partial charge >= 0.3 is 0 Å². The monoisotopic (exact) mass is 187 g/mol. The highest BCUT2D eigenvalue weighted by atomic mass is 16.5. The smallest absolute Gasteiger partial charge is 0.225 e. The summed E-state index contributed by atoms with van der Waals surface area (Å²) in [6.07, 6.45) is 0. The molecule has 13 heavy (non-hydrogen) atoms. The minimum atomic E-state index is -0.298. The van der Waals surface area contributed by atoms with Crippen molar-refractivity contribution >= 4 is 5.91 Å². The van der Waals surface area contributed by atoms with Crippen molar-refractivity contribution in [3.05, 3.63) is 0 Å². The van der Waals surface area contributed by atoms with Gasteiger partial charge in [-0.3, -0.25) is 4.79 Å². The van der Waals surface area contributed by atoms with E-state index in [9.17, 15) is 4.79 Å². The summed E-state index contributed by atoms with van der Waals surface area (Å²) >= 11 is 0. The molecule has 0 aliphatic heterocycles. The predicted octanol–water partition coefficient (Wildman–Crippen LogP) is 1.43. The van der Waals surface area contributed by atoms with Crippen molar-refractivity contribution in [2.45, 2.75) is 27.7 Å². The summed E-state index contributed by atoms with van der Waals surface area (Å²) in [5.74, 6) is 0.439. The average Bonchev–Trinajstić information content (AvgIpc) is 2.04. The zero-order chi connectivity index (χ0) is 10.5. The van der Waals surface area contributed by atoms with Gasteiger partial charge in [0.25, 0.3) is 0 Å². The van der Waals surface area contributed by atoms with Crippen molar-refractivity contribution in [2.75, 3.05) is 20.3 Å². The molecule has 0 atom stereocenters. The molecule has 0 aromatic rings. The summed E-state index contributed by atoms with van der Waals surface area (Å²) in [7, 11) is 1.62. The topological polar surface area (TPSA) is 38.3 Å². The van der Waals surface area contributed by atoms with Gasteiger partial charge in [0.15, 0.2) is 0 Å². The first-order chi connectivity index (χ1) is 5.92. The summed E-state index contributed by atoms with van der Waals surface area (Å²) in [6, 6.07) is 0. The average molecular weight is 187 g/mol. The Hall–Kier alpha value is -0.570. The number of carbonyl (C=O) groups excluding carboxylic acids is 1. The van der Waals surface area contributed by atoms with Crippen LogP contribution >= 0.6 is 0 Å². The lowest BCUT2D eigenvalue weighted by molar-refractivity contribution is -0.131. The van der Waals surface area contributed by atoms with Gasteiger partial charge in [0.1, 0.15) is 0 Å². The van der Waals surface area contributed by atoms with E-state index in [-0.39, 0.29) is 11.3 Å². The number of amides is 1. The van der Waals surface area contributed by atoms with Crippen molar-refractivity contribution in [1.29, 1.82) is 0 Å². The second kappa shape index (κ2) is 5.22. The molecule has 0 saturated carbocycles. The van der Waals surface area contributed by atoms with E-state index < -0.39 is 0 Å². The van der Waals surface area contributed by atoms with E-state index in [1.165, 1.54) is 0 Å². The van der Waals surface area contributed by atoms with Crippen molar-refractivity contribution < 1.29 is 9.53 Å². The van der Waals surface area contributed by atoms with E-state index in [0.29, 0.717) is 19.1 Å². The van der Waals surface area contributed by atoms with Gasteiger partial charge in [-0.2, -0.15) is 0 Å². The number of ether oxygens (including phenoxy) is 1. The summed E-state index contributed by atoms with van der Waals surface area (Å²) in [4.78, 5) is 11.6. The minimum absolute atomic E-state index is 0.0968. The van der Waals surface area contributed by atoms with Gasteiger partial charge in [-0.1, -0.05) is 27.7 Å². The SMILES string of the molecule is COCCNC(=O)C(C)(C)C(C)C. The van der Waals surface area contributed by atoms with Crippen LogP contribution in [-0.2, 0) is 9.53 Å². The summed E-state index contributed by atoms with van der Waals surface area (Å²) in [6.45, 7) is 9.18. The molecule has 0 aliphatic rings. The molecule has 0 radical (unpaired) electrons. The third-order valence-corrected chi connectivity index (χ3v) is 2.62. The normalized spacial score (nSPS) is 11.8. The van der Waals surface area contributed by atoms with Crippen LogP contribution in [0.4, 0.5) is 0 Å². The van der Waals surface area contributed by atoms with Crippen molar-refractivity contribution in [3.8, 4) is 0 Å². The fourth-order valence-electron chi connectivity index (χ4n) is 0.757. The van der Waals surface area contributed by atoms with Crippen LogP contribution in [0.3, 0.4) is 0 Å². The van der Waals surface area contributed by atoms with Crippen molar-refractivity contribution in [3.63, 3.8) is 0 Å². The third-order valence-electron chi connectivity index (χ3n) is 2.62. The minimum Gasteiger partial charge on any atom is -0.383 e. The van der Waals surface area contributed by atoms with Gasteiger partial charge in [0, 0.05) is 19.1 Å². The van der Waals surface area contributed by atoms with Crippen LogP contribution in [0.1, 0.15) is 27.7 Å². The maximum absolute atomic E-state index is 11.6. The van der Waals surface area contributed by atoms with E-state index in [1.54, 1.807) is 7.11 Å². The van der Waals surface area contributed by atoms with E-state index in [0.717, 1.165) is 0 Å². The third kappa shape index (κ3) is 3.77. The number of rotatable bonds is 5. The highest BCUT2D eigenvalue weighted by Gasteiger charge is 2.30. The van der Waals surface area contributed by atoms with Crippen LogP contribution in [0.5, 0.6) is 0 Å². The number of nitrogens with one attached hydrogen (secondary N) is 1. The molecule has 0 spiro atoms. The van der Waals surface area contributed by atoms with Gasteiger partial charge in [-0.15, -0.1) is 0 Å². The quantitative estimate of drug-likeness (QED) is 0.661. The lowest BCUT2D eigenvalue weighted by Gasteiger charge is -2.27. The highest BCUT2D eigenvalue weighted by molar-refractivity contribution is 5.81. The first kappa shape index (κ1) is 12.4. The molecule has 3 nitrogen and oxygen atoms in total. The van der Waals surface area contributed by atoms with Gasteiger partial charge < -0.3 is 10.1 Å². The first-order valence-corrected chi connectivity index (χ1v) is 4.70. The summed E-state index contributed by atoms with van der Waals surface area (Å²) in [5, 5.41) is 2.84. The Labute approximate surface area is 80.8 Å². The maximum atomic E-state index is 11.6. The van der Waals surface area contributed by atoms with Gasteiger partial charge in [0.2, 0.25) is 5.91 Å². The molecule has 0 saturated heterocycles. The Morgan fingerprint density at radius 2 is 2.00 bits per heavy atom. The molecule has 0 heterocycles. The lowest BCUT2D eigenvalue weighted by Crippen LogP contribution is -2.41. The Morgan fingerprint density at radius 1 is 1.46 bits per heavy atom. The molecular weight excluding hydrogens is 166 g/mol. The maximum Gasteiger partial charge on any atom is 0.225 e. The van der Waals surface area contributed by atoms with Crippen LogP contribution in [0.15, 0.2) is 0 Å². The molecule has 78 valence electrons. The molecule has 0 fully saturated rings. The van der Waals surface area contributed by atoms with Crippen LogP contribution < -0.4 is 5.32 Å². The van der Waals surface area contributed by atoms with Crippen LogP contribution in [0.2, 0.25) is 0 Å². The summed E-state index contributed by atoms with van der Waals surface area (Å²) in [5.41, 5.74) is -0.298. The Balaban J connectivity index is 3.95. The van der Waals surface area contributed by atoms with Gasteiger partial charge in [-0.25, -0.2) is 0 Å². The van der Waals surface area contributed by atoms with Crippen LogP contribution in [0.25, 0.3) is 0 Å². The molecule has 0 aromatic heterocycles.